The lowest BCUT2D eigenvalue weighted by molar-refractivity contribution is -0.0328. The Hall–Kier alpha value is -2.25. The van der Waals surface area contributed by atoms with Crippen molar-refractivity contribution < 1.29 is 28.2 Å². The number of carbonyl (C=O) groups is 1. The quantitative estimate of drug-likeness (QED) is 0.628. The van der Waals surface area contributed by atoms with Crippen LogP contribution in [-0.2, 0) is 13.0 Å². The molecule has 0 aromatic heterocycles. The zero-order valence-corrected chi connectivity index (χ0v) is 13.6. The first-order valence-electron chi connectivity index (χ1n) is 7.33. The number of hydrogen-bond donors (Lipinski definition) is 2. The molecule has 1 aliphatic carbocycles. The first kappa shape index (κ1) is 17.6. The van der Waals surface area contributed by atoms with Gasteiger partial charge in [0.05, 0.1) is 6.61 Å². The Labute approximate surface area is 145 Å². The molecule has 0 aliphatic heterocycles. The molecule has 0 saturated carbocycles. The van der Waals surface area contributed by atoms with Gasteiger partial charge in [-0.1, -0.05) is 12.1 Å². The highest BCUT2D eigenvalue weighted by Crippen LogP contribution is 2.37. The molecule has 2 aromatic rings. The summed E-state index contributed by atoms with van der Waals surface area (Å²) in [6.07, 6.45) is 1.97. The third-order valence-electron chi connectivity index (χ3n) is 3.85. The van der Waals surface area contributed by atoms with Crippen LogP contribution in [0.25, 0.3) is 6.08 Å². The number of aliphatic hydroxyl groups excluding tert-OH is 1. The number of alkyl halides is 3. The summed E-state index contributed by atoms with van der Waals surface area (Å²) in [5.74, 6) is -0.368. The van der Waals surface area contributed by atoms with Crippen molar-refractivity contribution in [1.29, 1.82) is 0 Å². The normalized spacial score (nSPS) is 15.7. The number of aromatic hydroxyl groups is 1. The van der Waals surface area contributed by atoms with E-state index in [2.05, 4.69) is 0 Å². The van der Waals surface area contributed by atoms with Gasteiger partial charge >= 0.3 is 5.51 Å². The van der Waals surface area contributed by atoms with Crippen LogP contribution in [0, 0.1) is 0 Å². The molecule has 0 amide bonds. The molecule has 0 heterocycles. The molecule has 2 N–H and O–H groups in total. The maximum absolute atomic E-state index is 12.4. The fraction of sp³-hybridized carbons (Fsp3) is 0.167. The molecular formula is C18H13F3O3S. The number of aliphatic hydroxyl groups is 1. The second-order valence-corrected chi connectivity index (χ2v) is 6.73. The van der Waals surface area contributed by atoms with Crippen molar-refractivity contribution in [2.45, 2.75) is 23.4 Å². The van der Waals surface area contributed by atoms with Gasteiger partial charge in [-0.2, -0.15) is 13.2 Å². The summed E-state index contributed by atoms with van der Waals surface area (Å²) in [7, 11) is 0. The van der Waals surface area contributed by atoms with Crippen molar-refractivity contribution in [3.8, 4) is 5.75 Å². The van der Waals surface area contributed by atoms with E-state index in [0.717, 1.165) is 0 Å². The second kappa shape index (κ2) is 6.57. The molecule has 25 heavy (non-hydrogen) atoms. The van der Waals surface area contributed by atoms with Crippen LogP contribution in [-0.4, -0.2) is 21.5 Å². The van der Waals surface area contributed by atoms with E-state index < -0.39 is 5.51 Å². The number of ketones is 1. The van der Waals surface area contributed by atoms with Crippen LogP contribution in [0.5, 0.6) is 5.75 Å². The SMILES string of the molecule is O=C1C(=Cc2ccc(SC(F)(F)F)cc2)Cc2cc(CO)c(O)cc21. The van der Waals surface area contributed by atoms with Gasteiger partial charge < -0.3 is 10.2 Å². The van der Waals surface area contributed by atoms with Crippen LogP contribution in [0.3, 0.4) is 0 Å². The van der Waals surface area contributed by atoms with E-state index in [-0.39, 0.29) is 34.8 Å². The van der Waals surface area contributed by atoms with Crippen molar-refractivity contribution in [3.63, 3.8) is 0 Å². The van der Waals surface area contributed by atoms with Crippen LogP contribution in [0.2, 0.25) is 0 Å². The summed E-state index contributed by atoms with van der Waals surface area (Å²) < 4.78 is 37.0. The van der Waals surface area contributed by atoms with Crippen LogP contribution >= 0.6 is 11.8 Å². The molecular weight excluding hydrogens is 353 g/mol. The van der Waals surface area contributed by atoms with Gasteiger partial charge in [-0.3, -0.25) is 4.79 Å². The summed E-state index contributed by atoms with van der Waals surface area (Å²) in [4.78, 5) is 12.5. The predicted octanol–water partition coefficient (Wildman–Crippen LogP) is 4.32. The molecule has 0 spiro atoms. The number of benzene rings is 2. The van der Waals surface area contributed by atoms with E-state index >= 15 is 0 Å². The minimum Gasteiger partial charge on any atom is -0.508 e. The molecule has 0 saturated heterocycles. The average Bonchev–Trinajstić information content (AvgIpc) is 2.83. The smallest absolute Gasteiger partial charge is 0.446 e. The lowest BCUT2D eigenvalue weighted by Crippen LogP contribution is -1.98. The number of Topliss-reactive ketones (excluding diaryl/α,β-unsaturated/α-hetero) is 1. The summed E-state index contributed by atoms with van der Waals surface area (Å²) in [6.45, 7) is -0.329. The van der Waals surface area contributed by atoms with Crippen LogP contribution in [0.4, 0.5) is 13.2 Å². The van der Waals surface area contributed by atoms with E-state index in [9.17, 15) is 28.2 Å². The largest absolute Gasteiger partial charge is 0.508 e. The number of fused-ring (bicyclic) bond motifs is 1. The Bertz CT molecular complexity index is 855. The average molecular weight is 366 g/mol. The number of thioether (sulfide) groups is 1. The predicted molar refractivity (Wildman–Crippen MR) is 88.4 cm³/mol. The standard InChI is InChI=1S/C18H13F3O3S/c19-18(20,21)25-14-3-1-10(2-4-14)5-12-6-11-7-13(9-22)16(23)8-15(11)17(12)24/h1-5,7-8,22-23H,6,9H2. The summed E-state index contributed by atoms with van der Waals surface area (Å²) in [5, 5.41) is 18.9. The molecule has 0 radical (unpaired) electrons. The number of halogens is 3. The minimum atomic E-state index is -4.34. The number of allylic oxidation sites excluding steroid dienone is 1. The molecule has 0 bridgehead atoms. The maximum Gasteiger partial charge on any atom is 0.446 e. The first-order valence-corrected chi connectivity index (χ1v) is 8.15. The van der Waals surface area contributed by atoms with Crippen molar-refractivity contribution in [3.05, 3.63) is 64.2 Å². The fourth-order valence-electron chi connectivity index (χ4n) is 2.71. The van der Waals surface area contributed by atoms with Gasteiger partial charge in [0, 0.05) is 28.0 Å². The van der Waals surface area contributed by atoms with E-state index in [0.29, 0.717) is 34.2 Å². The third-order valence-corrected chi connectivity index (χ3v) is 4.59. The minimum absolute atomic E-state index is 0.0770. The monoisotopic (exact) mass is 366 g/mol. The van der Waals surface area contributed by atoms with Crippen molar-refractivity contribution >= 4 is 23.6 Å². The fourth-order valence-corrected chi connectivity index (χ4v) is 3.25. The zero-order chi connectivity index (χ0) is 18.2. The number of carbonyl (C=O) groups excluding carboxylic acids is 1. The van der Waals surface area contributed by atoms with Crippen molar-refractivity contribution in [2.24, 2.45) is 0 Å². The Balaban J connectivity index is 1.84. The van der Waals surface area contributed by atoms with Gasteiger partial charge in [-0.05, 0) is 53.2 Å². The highest BCUT2D eigenvalue weighted by molar-refractivity contribution is 8.00. The topological polar surface area (TPSA) is 57.5 Å². The Morgan fingerprint density at radius 2 is 1.84 bits per heavy atom. The first-order chi connectivity index (χ1) is 11.8. The van der Waals surface area contributed by atoms with Gasteiger partial charge in [0.1, 0.15) is 5.75 Å². The summed E-state index contributed by atoms with van der Waals surface area (Å²) >= 11 is -0.191. The molecule has 0 atom stereocenters. The third kappa shape index (κ3) is 3.88. The van der Waals surface area contributed by atoms with Gasteiger partial charge in [0.15, 0.2) is 5.78 Å². The molecule has 0 unspecified atom stereocenters. The molecule has 1 aliphatic rings. The van der Waals surface area contributed by atoms with E-state index in [1.54, 1.807) is 12.1 Å². The van der Waals surface area contributed by atoms with E-state index in [4.69, 9.17) is 0 Å². The van der Waals surface area contributed by atoms with Gasteiger partial charge in [-0.25, -0.2) is 0 Å². The highest BCUT2D eigenvalue weighted by atomic mass is 32.2. The lowest BCUT2D eigenvalue weighted by atomic mass is 10.1. The molecule has 3 rings (SSSR count). The Kier molecular flexibility index (Phi) is 4.62. The zero-order valence-electron chi connectivity index (χ0n) is 12.8. The van der Waals surface area contributed by atoms with Gasteiger partial charge in [0.25, 0.3) is 0 Å². The van der Waals surface area contributed by atoms with Crippen molar-refractivity contribution in [2.75, 3.05) is 0 Å². The molecule has 2 aromatic carbocycles. The number of rotatable bonds is 3. The second-order valence-electron chi connectivity index (χ2n) is 5.59. The number of phenols is 1. The molecule has 0 fully saturated rings. The van der Waals surface area contributed by atoms with Crippen LogP contribution in [0.1, 0.15) is 27.0 Å². The Morgan fingerprint density at radius 1 is 1.16 bits per heavy atom. The lowest BCUT2D eigenvalue weighted by Gasteiger charge is -2.05. The van der Waals surface area contributed by atoms with Crippen molar-refractivity contribution in [1.82, 2.24) is 0 Å². The molecule has 3 nitrogen and oxygen atoms in total. The molecule has 130 valence electrons. The molecule has 7 heteroatoms. The number of hydrogen-bond acceptors (Lipinski definition) is 4. The maximum atomic E-state index is 12.4. The summed E-state index contributed by atoms with van der Waals surface area (Å²) in [6, 6.07) is 8.68. The van der Waals surface area contributed by atoms with Gasteiger partial charge in [0.2, 0.25) is 0 Å². The Morgan fingerprint density at radius 3 is 2.44 bits per heavy atom. The summed E-state index contributed by atoms with van der Waals surface area (Å²) in [5.41, 5.74) is -1.79. The van der Waals surface area contributed by atoms with Crippen LogP contribution in [0.15, 0.2) is 46.9 Å². The van der Waals surface area contributed by atoms with Crippen LogP contribution < -0.4 is 0 Å². The van der Waals surface area contributed by atoms with E-state index in [1.807, 2.05) is 0 Å². The van der Waals surface area contributed by atoms with E-state index in [1.165, 1.54) is 30.3 Å². The highest BCUT2D eigenvalue weighted by Gasteiger charge is 2.29. The van der Waals surface area contributed by atoms with Gasteiger partial charge in [-0.15, -0.1) is 0 Å².